The van der Waals surface area contributed by atoms with Gasteiger partial charge in [-0.3, -0.25) is 4.79 Å². The molecule has 0 fully saturated rings. The van der Waals surface area contributed by atoms with E-state index in [1.807, 2.05) is 29.5 Å². The number of carbonyl (C=O) groups is 1. The molecule has 0 saturated carbocycles. The number of hydrogen-bond acceptors (Lipinski definition) is 4. The van der Waals surface area contributed by atoms with Crippen LogP contribution in [-0.2, 0) is 11.3 Å². The number of carboxylic acid groups (broad SMARTS) is 1. The van der Waals surface area contributed by atoms with Crippen LogP contribution in [-0.4, -0.2) is 17.7 Å². The van der Waals surface area contributed by atoms with Gasteiger partial charge in [0.05, 0.1) is 13.0 Å². The van der Waals surface area contributed by atoms with Crippen molar-refractivity contribution in [3.8, 4) is 16.9 Å². The molecule has 29 heavy (non-hydrogen) atoms. The van der Waals surface area contributed by atoms with Gasteiger partial charge in [0.15, 0.2) is 0 Å². The number of rotatable bonds is 6. The van der Waals surface area contributed by atoms with Crippen LogP contribution in [0, 0.1) is 20.8 Å². The molecule has 5 heteroatoms. The van der Waals surface area contributed by atoms with Crippen molar-refractivity contribution in [1.29, 1.82) is 0 Å². The summed E-state index contributed by atoms with van der Waals surface area (Å²) in [5.74, 6) is -0.0658. The lowest BCUT2D eigenvalue weighted by Crippen LogP contribution is -2.07. The third-order valence-corrected chi connectivity index (χ3v) is 6.54. The summed E-state index contributed by atoms with van der Waals surface area (Å²) in [6, 6.07) is 14.7. The molecule has 0 spiro atoms. The maximum absolute atomic E-state index is 11.0. The molecule has 0 aliphatic carbocycles. The van der Waals surface area contributed by atoms with E-state index < -0.39 is 5.97 Å². The second-order valence-corrected chi connectivity index (χ2v) is 9.09. The third-order valence-electron chi connectivity index (χ3n) is 5.57. The maximum Gasteiger partial charge on any atom is 0.304 e. The molecule has 2 aromatic carbocycles. The summed E-state index contributed by atoms with van der Waals surface area (Å²) in [5, 5.41) is 12.5. The monoisotopic (exact) mass is 407 g/mol. The number of anilines is 1. The predicted molar refractivity (Wildman–Crippen MR) is 118 cm³/mol. The number of aryl methyl sites for hydroxylation is 2. The zero-order valence-electron chi connectivity index (χ0n) is 16.9. The Kier molecular flexibility index (Phi) is 5.33. The second kappa shape index (κ2) is 7.91. The highest BCUT2D eigenvalue weighted by Gasteiger charge is 2.26. The Morgan fingerprint density at radius 3 is 2.72 bits per heavy atom. The first-order chi connectivity index (χ1) is 13.9. The van der Waals surface area contributed by atoms with E-state index in [1.165, 1.54) is 32.0 Å². The molecule has 3 aromatic rings. The average molecular weight is 408 g/mol. The highest BCUT2D eigenvalue weighted by molar-refractivity contribution is 7.12. The van der Waals surface area contributed by atoms with E-state index in [0.29, 0.717) is 6.61 Å². The van der Waals surface area contributed by atoms with Crippen LogP contribution in [0.2, 0.25) is 0 Å². The van der Waals surface area contributed by atoms with E-state index >= 15 is 0 Å². The summed E-state index contributed by atoms with van der Waals surface area (Å²) in [6.07, 6.45) is 0.104. The van der Waals surface area contributed by atoms with Crippen LogP contribution in [0.1, 0.15) is 38.8 Å². The number of carboxylic acids is 1. The van der Waals surface area contributed by atoms with Crippen molar-refractivity contribution in [2.24, 2.45) is 0 Å². The van der Waals surface area contributed by atoms with Crippen molar-refractivity contribution in [3.63, 3.8) is 0 Å². The average Bonchev–Trinajstić information content (AvgIpc) is 3.22. The van der Waals surface area contributed by atoms with Crippen LogP contribution in [0.4, 0.5) is 5.69 Å². The van der Waals surface area contributed by atoms with E-state index in [2.05, 4.69) is 50.4 Å². The number of thiophene rings is 1. The smallest absolute Gasteiger partial charge is 0.304 e. The standard InChI is InChI=1S/C24H25NO3S/c1-14-9-22(16(3)29-14)20-6-4-5-17(15(20)2)12-25-19-7-8-21-18(10-24(26)27)13-28-23(21)11-19/h4-9,11,18,25H,10,12-13H2,1-3H3,(H,26,27)/t18-/m1/s1. The first-order valence-electron chi connectivity index (χ1n) is 9.80. The Balaban J connectivity index is 1.51. The molecule has 0 amide bonds. The number of hydrogen-bond donors (Lipinski definition) is 2. The lowest BCUT2D eigenvalue weighted by Gasteiger charge is -2.14. The van der Waals surface area contributed by atoms with E-state index in [4.69, 9.17) is 9.84 Å². The van der Waals surface area contributed by atoms with Crippen LogP contribution < -0.4 is 10.1 Å². The SMILES string of the molecule is Cc1cc(-c2cccc(CNc3ccc4c(c3)OC[C@H]4CC(=O)O)c2C)c(C)s1. The van der Waals surface area contributed by atoms with E-state index in [9.17, 15) is 4.79 Å². The molecular formula is C24H25NO3S. The van der Waals surface area contributed by atoms with Crippen molar-refractivity contribution in [1.82, 2.24) is 0 Å². The Morgan fingerprint density at radius 1 is 1.17 bits per heavy atom. The van der Waals surface area contributed by atoms with Crippen molar-refractivity contribution >= 4 is 23.0 Å². The molecule has 0 radical (unpaired) electrons. The summed E-state index contributed by atoms with van der Waals surface area (Å²) < 4.78 is 5.72. The zero-order chi connectivity index (χ0) is 20.5. The van der Waals surface area contributed by atoms with Gasteiger partial charge in [-0.15, -0.1) is 11.3 Å². The molecule has 150 valence electrons. The van der Waals surface area contributed by atoms with Gasteiger partial charge in [-0.2, -0.15) is 0 Å². The molecule has 0 unspecified atom stereocenters. The second-order valence-electron chi connectivity index (χ2n) is 7.63. The molecule has 1 aromatic heterocycles. The number of nitrogens with one attached hydrogen (secondary N) is 1. The van der Waals surface area contributed by atoms with Crippen LogP contribution in [0.3, 0.4) is 0 Å². The van der Waals surface area contributed by atoms with Crippen molar-refractivity contribution in [3.05, 3.63) is 68.9 Å². The summed E-state index contributed by atoms with van der Waals surface area (Å²) in [6.45, 7) is 7.67. The van der Waals surface area contributed by atoms with Crippen LogP contribution in [0.15, 0.2) is 42.5 Å². The molecule has 2 N–H and O–H groups in total. The summed E-state index contributed by atoms with van der Waals surface area (Å²) in [4.78, 5) is 13.7. The summed E-state index contributed by atoms with van der Waals surface area (Å²) >= 11 is 1.84. The van der Waals surface area contributed by atoms with Crippen LogP contribution in [0.25, 0.3) is 11.1 Å². The maximum atomic E-state index is 11.0. The van der Waals surface area contributed by atoms with Gasteiger partial charge in [0.25, 0.3) is 0 Å². The highest BCUT2D eigenvalue weighted by atomic mass is 32.1. The molecule has 1 aliphatic heterocycles. The van der Waals surface area contributed by atoms with E-state index in [0.717, 1.165) is 23.5 Å². The number of fused-ring (bicyclic) bond motifs is 1. The van der Waals surface area contributed by atoms with Gasteiger partial charge < -0.3 is 15.2 Å². The quantitative estimate of drug-likeness (QED) is 0.534. The van der Waals surface area contributed by atoms with Gasteiger partial charge in [0.2, 0.25) is 0 Å². The molecule has 1 atom stereocenters. The minimum atomic E-state index is -0.792. The third kappa shape index (κ3) is 4.01. The van der Waals surface area contributed by atoms with Gasteiger partial charge in [-0.25, -0.2) is 0 Å². The number of ether oxygens (including phenoxy) is 1. The number of benzene rings is 2. The van der Waals surface area contributed by atoms with Gasteiger partial charge in [0.1, 0.15) is 5.75 Å². The minimum Gasteiger partial charge on any atom is -0.493 e. The Labute approximate surface area is 175 Å². The largest absolute Gasteiger partial charge is 0.493 e. The van der Waals surface area contributed by atoms with Gasteiger partial charge in [-0.1, -0.05) is 24.3 Å². The Hall–Kier alpha value is -2.79. The molecule has 2 heterocycles. The molecule has 1 aliphatic rings. The predicted octanol–water partition coefficient (Wildman–Crippen LogP) is 5.90. The molecule has 0 bridgehead atoms. The van der Waals surface area contributed by atoms with Crippen molar-refractivity contribution in [2.75, 3.05) is 11.9 Å². The van der Waals surface area contributed by atoms with Crippen molar-refractivity contribution in [2.45, 2.75) is 39.7 Å². The van der Waals surface area contributed by atoms with Gasteiger partial charge in [0, 0.05) is 39.5 Å². The summed E-state index contributed by atoms with van der Waals surface area (Å²) in [7, 11) is 0. The molecular weight excluding hydrogens is 382 g/mol. The lowest BCUT2D eigenvalue weighted by molar-refractivity contribution is -0.137. The van der Waals surface area contributed by atoms with E-state index in [-0.39, 0.29) is 12.3 Å². The summed E-state index contributed by atoms with van der Waals surface area (Å²) in [5.41, 5.74) is 7.13. The zero-order valence-corrected chi connectivity index (χ0v) is 17.7. The fourth-order valence-electron chi connectivity index (χ4n) is 4.03. The van der Waals surface area contributed by atoms with Gasteiger partial charge in [-0.05, 0) is 55.2 Å². The minimum absolute atomic E-state index is 0.0622. The fraction of sp³-hybridized carbons (Fsp3) is 0.292. The Bertz CT molecular complexity index is 1070. The van der Waals surface area contributed by atoms with Crippen molar-refractivity contribution < 1.29 is 14.6 Å². The van der Waals surface area contributed by atoms with E-state index in [1.54, 1.807) is 0 Å². The molecule has 4 rings (SSSR count). The fourth-order valence-corrected chi connectivity index (χ4v) is 4.97. The van der Waals surface area contributed by atoms with Crippen LogP contribution in [0.5, 0.6) is 5.75 Å². The van der Waals surface area contributed by atoms with Crippen LogP contribution >= 0.6 is 11.3 Å². The molecule has 0 saturated heterocycles. The van der Waals surface area contributed by atoms with Gasteiger partial charge >= 0.3 is 5.97 Å². The topological polar surface area (TPSA) is 58.6 Å². The highest BCUT2D eigenvalue weighted by Crippen LogP contribution is 2.38. The first kappa shape index (κ1) is 19.5. The number of aliphatic carboxylic acids is 1. The molecule has 4 nitrogen and oxygen atoms in total. The lowest BCUT2D eigenvalue weighted by atomic mass is 9.96. The normalized spacial score (nSPS) is 15.1. The Morgan fingerprint density at radius 2 is 2.00 bits per heavy atom. The first-order valence-corrected chi connectivity index (χ1v) is 10.6.